The van der Waals surface area contributed by atoms with E-state index in [9.17, 15) is 4.39 Å². The molecule has 0 amide bonds. The zero-order valence-electron chi connectivity index (χ0n) is 9.31. The molecule has 0 fully saturated rings. The van der Waals surface area contributed by atoms with Gasteiger partial charge in [0.2, 0.25) is 0 Å². The zero-order valence-corrected chi connectivity index (χ0v) is 11.6. The fourth-order valence-corrected chi connectivity index (χ4v) is 2.30. The maximum absolute atomic E-state index is 13.6. The van der Waals surface area contributed by atoms with Gasteiger partial charge >= 0.3 is 0 Å². The molecule has 2 rings (SSSR count). The summed E-state index contributed by atoms with van der Waals surface area (Å²) in [5, 5.41) is 0.857. The topological polar surface area (TPSA) is 9.23 Å². The molecule has 0 unspecified atom stereocenters. The largest absolute Gasteiger partial charge is 0.493 e. The van der Waals surface area contributed by atoms with Crippen LogP contribution in [0.3, 0.4) is 0 Å². The predicted octanol–water partition coefficient (Wildman–Crippen LogP) is 5.46. The summed E-state index contributed by atoms with van der Waals surface area (Å²) in [7, 11) is 1.40. The van der Waals surface area contributed by atoms with Crippen molar-refractivity contribution in [2.45, 2.75) is 0 Å². The first-order valence-corrected chi connectivity index (χ1v) is 6.16. The molecule has 0 aliphatic heterocycles. The van der Waals surface area contributed by atoms with Crippen LogP contribution in [0.2, 0.25) is 15.1 Å². The molecule has 5 heteroatoms. The minimum Gasteiger partial charge on any atom is -0.493 e. The molecule has 0 aromatic heterocycles. The van der Waals surface area contributed by atoms with Crippen molar-refractivity contribution >= 4 is 34.8 Å². The lowest BCUT2D eigenvalue weighted by Gasteiger charge is -2.12. The molecule has 2 aromatic rings. The number of para-hydroxylation sites is 1. The number of rotatable bonds is 2. The summed E-state index contributed by atoms with van der Waals surface area (Å²) < 4.78 is 18.7. The summed E-state index contributed by atoms with van der Waals surface area (Å²) in [5.41, 5.74) is 1.10. The molecule has 0 radical (unpaired) electrons. The summed E-state index contributed by atoms with van der Waals surface area (Å²) in [6, 6.07) is 7.87. The van der Waals surface area contributed by atoms with E-state index >= 15 is 0 Å². The van der Waals surface area contributed by atoms with E-state index < -0.39 is 5.82 Å². The Morgan fingerprint density at radius 3 is 2.33 bits per heavy atom. The minimum atomic E-state index is -0.461. The van der Waals surface area contributed by atoms with E-state index in [1.54, 1.807) is 24.3 Å². The number of hydrogen-bond acceptors (Lipinski definition) is 1. The average molecular weight is 306 g/mol. The molecule has 0 bridgehead atoms. The van der Waals surface area contributed by atoms with Crippen molar-refractivity contribution in [3.05, 3.63) is 51.2 Å². The third-order valence-corrected chi connectivity index (χ3v) is 3.79. The standard InChI is InChI=1S/C13H8Cl3FO/c1-18-13-8(3-2-4-10(13)17)7-5-6-9(14)12(16)11(7)15/h2-6H,1H3. The van der Waals surface area contributed by atoms with Gasteiger partial charge in [-0.15, -0.1) is 0 Å². The fraction of sp³-hybridized carbons (Fsp3) is 0.0769. The van der Waals surface area contributed by atoms with Crippen LogP contribution in [0.1, 0.15) is 0 Å². The Kier molecular flexibility index (Phi) is 4.00. The third kappa shape index (κ3) is 2.28. The van der Waals surface area contributed by atoms with Crippen molar-refractivity contribution in [1.82, 2.24) is 0 Å². The van der Waals surface area contributed by atoms with E-state index in [1.165, 1.54) is 13.2 Å². The van der Waals surface area contributed by atoms with Gasteiger partial charge in [-0.05, 0) is 12.1 Å². The third-order valence-electron chi connectivity index (χ3n) is 2.50. The van der Waals surface area contributed by atoms with Crippen LogP contribution in [0.25, 0.3) is 11.1 Å². The lowest BCUT2D eigenvalue weighted by Crippen LogP contribution is -1.92. The van der Waals surface area contributed by atoms with E-state index in [0.29, 0.717) is 16.1 Å². The minimum absolute atomic E-state index is 0.123. The highest BCUT2D eigenvalue weighted by atomic mass is 35.5. The SMILES string of the molecule is COc1c(F)cccc1-c1ccc(Cl)c(Cl)c1Cl. The van der Waals surface area contributed by atoms with Gasteiger partial charge < -0.3 is 4.74 Å². The molecule has 0 heterocycles. The first-order chi connectivity index (χ1) is 8.56. The highest BCUT2D eigenvalue weighted by molar-refractivity contribution is 6.49. The van der Waals surface area contributed by atoms with Crippen LogP contribution in [-0.2, 0) is 0 Å². The summed E-state index contributed by atoms with van der Waals surface area (Å²) in [5.74, 6) is -0.338. The predicted molar refractivity (Wildman–Crippen MR) is 73.4 cm³/mol. The molecule has 0 saturated carbocycles. The molecule has 0 spiro atoms. The monoisotopic (exact) mass is 304 g/mol. The second-order valence-electron chi connectivity index (χ2n) is 3.54. The second kappa shape index (κ2) is 5.35. The molecule has 18 heavy (non-hydrogen) atoms. The van der Waals surface area contributed by atoms with Crippen LogP contribution in [0.5, 0.6) is 5.75 Å². The van der Waals surface area contributed by atoms with Gasteiger partial charge in [0.25, 0.3) is 0 Å². The molecule has 0 N–H and O–H groups in total. The number of methoxy groups -OCH3 is 1. The summed E-state index contributed by atoms with van der Waals surface area (Å²) in [6.45, 7) is 0. The summed E-state index contributed by atoms with van der Waals surface area (Å²) in [6.07, 6.45) is 0. The van der Waals surface area contributed by atoms with E-state index in [1.807, 2.05) is 0 Å². The molecule has 0 aliphatic rings. The average Bonchev–Trinajstić information content (AvgIpc) is 2.36. The van der Waals surface area contributed by atoms with Gasteiger partial charge in [-0.1, -0.05) is 53.0 Å². The highest BCUT2D eigenvalue weighted by Crippen LogP contribution is 2.41. The van der Waals surface area contributed by atoms with Gasteiger partial charge in [0.1, 0.15) is 0 Å². The van der Waals surface area contributed by atoms with Gasteiger partial charge in [0, 0.05) is 11.1 Å². The summed E-state index contributed by atoms with van der Waals surface area (Å²) >= 11 is 17.9. The van der Waals surface area contributed by atoms with E-state index in [-0.39, 0.29) is 15.8 Å². The zero-order chi connectivity index (χ0) is 13.3. The van der Waals surface area contributed by atoms with Crippen LogP contribution < -0.4 is 4.74 Å². The van der Waals surface area contributed by atoms with Gasteiger partial charge in [-0.3, -0.25) is 0 Å². The molecular formula is C13H8Cl3FO. The van der Waals surface area contributed by atoms with Gasteiger partial charge in [-0.25, -0.2) is 4.39 Å². The molecular weight excluding hydrogens is 297 g/mol. The smallest absolute Gasteiger partial charge is 0.165 e. The number of hydrogen-bond donors (Lipinski definition) is 0. The van der Waals surface area contributed by atoms with Crippen LogP contribution in [0.4, 0.5) is 4.39 Å². The van der Waals surface area contributed by atoms with Crippen molar-refractivity contribution < 1.29 is 9.13 Å². The number of ether oxygens (including phenoxy) is 1. The lowest BCUT2D eigenvalue weighted by atomic mass is 10.0. The van der Waals surface area contributed by atoms with Crippen molar-refractivity contribution in [3.63, 3.8) is 0 Å². The first kappa shape index (κ1) is 13.5. The Balaban J connectivity index is 2.70. The highest BCUT2D eigenvalue weighted by Gasteiger charge is 2.16. The second-order valence-corrected chi connectivity index (χ2v) is 4.71. The lowest BCUT2D eigenvalue weighted by molar-refractivity contribution is 0.388. The molecule has 0 atom stereocenters. The Labute approximate surface area is 119 Å². The number of halogens is 4. The van der Waals surface area contributed by atoms with Crippen molar-refractivity contribution in [3.8, 4) is 16.9 Å². The van der Waals surface area contributed by atoms with Crippen LogP contribution in [0.15, 0.2) is 30.3 Å². The van der Waals surface area contributed by atoms with E-state index in [2.05, 4.69) is 0 Å². The maximum Gasteiger partial charge on any atom is 0.165 e. The summed E-state index contributed by atoms with van der Waals surface area (Å²) in [4.78, 5) is 0. The van der Waals surface area contributed by atoms with E-state index in [0.717, 1.165) is 0 Å². The number of benzene rings is 2. The molecule has 0 aliphatic carbocycles. The van der Waals surface area contributed by atoms with Crippen molar-refractivity contribution in [2.75, 3.05) is 7.11 Å². The van der Waals surface area contributed by atoms with Gasteiger partial charge in [0.15, 0.2) is 11.6 Å². The van der Waals surface area contributed by atoms with Crippen LogP contribution in [-0.4, -0.2) is 7.11 Å². The Bertz CT molecular complexity index is 599. The normalized spacial score (nSPS) is 10.5. The molecule has 0 saturated heterocycles. The molecule has 94 valence electrons. The quantitative estimate of drug-likeness (QED) is 0.669. The first-order valence-electron chi connectivity index (χ1n) is 5.02. The Hall–Kier alpha value is -0.960. The van der Waals surface area contributed by atoms with Crippen molar-refractivity contribution in [2.24, 2.45) is 0 Å². The molecule has 1 nitrogen and oxygen atoms in total. The maximum atomic E-state index is 13.6. The van der Waals surface area contributed by atoms with Gasteiger partial charge in [0.05, 0.1) is 22.2 Å². The Morgan fingerprint density at radius 1 is 0.944 bits per heavy atom. The van der Waals surface area contributed by atoms with Crippen molar-refractivity contribution in [1.29, 1.82) is 0 Å². The van der Waals surface area contributed by atoms with E-state index in [4.69, 9.17) is 39.5 Å². The molecule has 2 aromatic carbocycles. The van der Waals surface area contributed by atoms with Gasteiger partial charge in [-0.2, -0.15) is 0 Å². The van der Waals surface area contributed by atoms with Crippen LogP contribution in [0, 0.1) is 5.82 Å². The van der Waals surface area contributed by atoms with Crippen LogP contribution >= 0.6 is 34.8 Å². The fourth-order valence-electron chi connectivity index (χ4n) is 1.66. The Morgan fingerprint density at radius 2 is 1.67 bits per heavy atom.